The molecule has 0 saturated heterocycles. The Morgan fingerprint density at radius 2 is 2.10 bits per heavy atom. The number of aliphatic hydroxyl groups is 1. The molecule has 4 rings (SSSR count). The molecule has 1 aliphatic heterocycles. The highest BCUT2D eigenvalue weighted by molar-refractivity contribution is 5.97. The number of fused-ring (bicyclic) bond motifs is 4. The Kier molecular flexibility index (Phi) is 4.38. The number of para-hydroxylation sites is 1. The second kappa shape index (κ2) is 6.66. The summed E-state index contributed by atoms with van der Waals surface area (Å²) in [6.07, 6.45) is -0.524. The number of hydrogen-bond acceptors (Lipinski definition) is 8. The van der Waals surface area contributed by atoms with Crippen molar-refractivity contribution in [1.29, 1.82) is 0 Å². The van der Waals surface area contributed by atoms with Gasteiger partial charge in [0.1, 0.15) is 40.8 Å². The average molecular weight is 400 g/mol. The van der Waals surface area contributed by atoms with Crippen LogP contribution in [0.3, 0.4) is 0 Å². The molecule has 0 radical (unpaired) electrons. The third-order valence-corrected chi connectivity index (χ3v) is 5.12. The number of carbonyl (C=O) groups excluding carboxylic acids is 1. The Labute approximate surface area is 165 Å². The third kappa shape index (κ3) is 3.05. The van der Waals surface area contributed by atoms with Crippen molar-refractivity contribution in [2.24, 2.45) is 0 Å². The van der Waals surface area contributed by atoms with E-state index in [1.807, 2.05) is 0 Å². The van der Waals surface area contributed by atoms with Crippen molar-refractivity contribution in [3.05, 3.63) is 40.1 Å². The van der Waals surface area contributed by atoms with Gasteiger partial charge in [0, 0.05) is 25.0 Å². The van der Waals surface area contributed by atoms with E-state index in [1.165, 1.54) is 27.0 Å². The van der Waals surface area contributed by atoms with Gasteiger partial charge in [-0.3, -0.25) is 9.59 Å². The molecule has 0 fully saturated rings. The summed E-state index contributed by atoms with van der Waals surface area (Å²) in [5, 5.41) is 21.3. The van der Waals surface area contributed by atoms with Gasteiger partial charge in [0.05, 0.1) is 12.5 Å². The Bertz CT molecular complexity index is 1190. The number of ether oxygens (including phenoxy) is 3. The van der Waals surface area contributed by atoms with Gasteiger partial charge < -0.3 is 28.8 Å². The van der Waals surface area contributed by atoms with Crippen LogP contribution in [0.2, 0.25) is 0 Å². The highest BCUT2D eigenvalue weighted by Gasteiger charge is 2.41. The van der Waals surface area contributed by atoms with Crippen LogP contribution >= 0.6 is 0 Å². The van der Waals surface area contributed by atoms with Crippen molar-refractivity contribution in [2.45, 2.75) is 32.0 Å². The minimum atomic E-state index is -1.47. The molecule has 0 saturated carbocycles. The Morgan fingerprint density at radius 3 is 2.79 bits per heavy atom. The standard InChI is InChI=1S/C21H20O8/c1-10(22)27-9-21(2,25)16-7-12-14(28-16)8-15(26-3)17-18(24)11-5-4-6-13(23)19(11)29-20(12)17/h4-6,8,16,23,25H,7,9H2,1-3H3/t16-,21+/m1/s1. The van der Waals surface area contributed by atoms with E-state index in [-0.39, 0.29) is 51.9 Å². The lowest BCUT2D eigenvalue weighted by atomic mass is 9.95. The van der Waals surface area contributed by atoms with Gasteiger partial charge >= 0.3 is 5.97 Å². The minimum Gasteiger partial charge on any atom is -0.504 e. The molecule has 1 aliphatic rings. The quantitative estimate of drug-likeness (QED) is 0.506. The normalized spacial score (nSPS) is 17.6. The van der Waals surface area contributed by atoms with Gasteiger partial charge in [-0.2, -0.15) is 0 Å². The SMILES string of the molecule is COc1cc2c(c3oc4c(O)cccc4c(=O)c13)C[C@H]([C@@](C)(O)COC(C)=O)O2. The Morgan fingerprint density at radius 1 is 1.34 bits per heavy atom. The molecule has 152 valence electrons. The Balaban J connectivity index is 1.89. The molecule has 3 aromatic rings. The molecular formula is C21H20O8. The fraction of sp³-hybridized carbons (Fsp3) is 0.333. The first-order chi connectivity index (χ1) is 13.7. The molecule has 8 nitrogen and oxygen atoms in total. The van der Waals surface area contributed by atoms with E-state index < -0.39 is 17.7 Å². The average Bonchev–Trinajstić information content (AvgIpc) is 3.12. The molecule has 2 atom stereocenters. The van der Waals surface area contributed by atoms with Gasteiger partial charge in [0.25, 0.3) is 0 Å². The highest BCUT2D eigenvalue weighted by atomic mass is 16.6. The Hall–Kier alpha value is -3.26. The molecule has 0 amide bonds. The number of aromatic hydroxyl groups is 1. The first-order valence-electron chi connectivity index (χ1n) is 9.03. The number of methoxy groups -OCH3 is 1. The smallest absolute Gasteiger partial charge is 0.302 e. The molecule has 2 aromatic carbocycles. The number of benzene rings is 2. The molecule has 2 N–H and O–H groups in total. The van der Waals surface area contributed by atoms with E-state index >= 15 is 0 Å². The van der Waals surface area contributed by atoms with Crippen molar-refractivity contribution in [3.8, 4) is 17.2 Å². The summed E-state index contributed by atoms with van der Waals surface area (Å²) in [4.78, 5) is 24.2. The predicted molar refractivity (Wildman–Crippen MR) is 104 cm³/mol. The number of phenolic OH excluding ortho intramolecular Hbond substituents is 1. The van der Waals surface area contributed by atoms with E-state index in [4.69, 9.17) is 18.6 Å². The first-order valence-corrected chi connectivity index (χ1v) is 9.03. The van der Waals surface area contributed by atoms with Gasteiger partial charge in [-0.05, 0) is 19.1 Å². The first kappa shape index (κ1) is 19.1. The predicted octanol–water partition coefficient (Wildman–Crippen LogP) is 2.28. The monoisotopic (exact) mass is 400 g/mol. The third-order valence-electron chi connectivity index (χ3n) is 5.12. The molecule has 0 bridgehead atoms. The van der Waals surface area contributed by atoms with Crippen LogP contribution in [0.5, 0.6) is 17.2 Å². The van der Waals surface area contributed by atoms with Crippen LogP contribution in [0.15, 0.2) is 33.5 Å². The summed E-state index contributed by atoms with van der Waals surface area (Å²) in [5.74, 6) is -0.0189. The molecule has 8 heteroatoms. The van der Waals surface area contributed by atoms with E-state index in [9.17, 15) is 19.8 Å². The second-order valence-electron chi connectivity index (χ2n) is 7.29. The lowest BCUT2D eigenvalue weighted by Crippen LogP contribution is -2.46. The summed E-state index contributed by atoms with van der Waals surface area (Å²) in [5.41, 5.74) is -0.952. The van der Waals surface area contributed by atoms with E-state index in [0.29, 0.717) is 11.3 Å². The van der Waals surface area contributed by atoms with Crippen molar-refractivity contribution >= 4 is 27.9 Å². The van der Waals surface area contributed by atoms with Crippen LogP contribution < -0.4 is 14.9 Å². The maximum Gasteiger partial charge on any atom is 0.302 e. The van der Waals surface area contributed by atoms with Gasteiger partial charge in [0.15, 0.2) is 11.3 Å². The summed E-state index contributed by atoms with van der Waals surface area (Å²) in [7, 11) is 1.43. The molecule has 1 aromatic heterocycles. The van der Waals surface area contributed by atoms with Gasteiger partial charge in [0.2, 0.25) is 5.43 Å². The minimum absolute atomic E-state index is 0.0653. The summed E-state index contributed by atoms with van der Waals surface area (Å²) in [6.45, 7) is 2.51. The molecule has 0 spiro atoms. The highest BCUT2D eigenvalue weighted by Crippen LogP contribution is 2.43. The second-order valence-corrected chi connectivity index (χ2v) is 7.29. The number of carbonyl (C=O) groups is 1. The van der Waals surface area contributed by atoms with Crippen LogP contribution in [0.1, 0.15) is 19.4 Å². The van der Waals surface area contributed by atoms with Crippen molar-refractivity contribution in [2.75, 3.05) is 13.7 Å². The van der Waals surface area contributed by atoms with Crippen LogP contribution in [-0.2, 0) is 16.0 Å². The molecular weight excluding hydrogens is 380 g/mol. The zero-order valence-electron chi connectivity index (χ0n) is 16.1. The molecule has 0 unspecified atom stereocenters. The summed E-state index contributed by atoms with van der Waals surface area (Å²) in [6, 6.07) is 6.13. The van der Waals surface area contributed by atoms with Crippen LogP contribution in [0.4, 0.5) is 0 Å². The summed E-state index contributed by atoms with van der Waals surface area (Å²) < 4.78 is 22.1. The largest absolute Gasteiger partial charge is 0.504 e. The molecule has 29 heavy (non-hydrogen) atoms. The van der Waals surface area contributed by atoms with Crippen LogP contribution in [0.25, 0.3) is 21.9 Å². The van der Waals surface area contributed by atoms with Gasteiger partial charge in [-0.15, -0.1) is 0 Å². The van der Waals surface area contributed by atoms with Crippen molar-refractivity contribution < 1.29 is 33.6 Å². The lowest BCUT2D eigenvalue weighted by molar-refractivity contribution is -0.153. The van der Waals surface area contributed by atoms with E-state index in [0.717, 1.165) is 0 Å². The zero-order valence-corrected chi connectivity index (χ0v) is 16.1. The number of esters is 1. The lowest BCUT2D eigenvalue weighted by Gasteiger charge is -2.28. The zero-order chi connectivity index (χ0) is 20.9. The van der Waals surface area contributed by atoms with E-state index in [1.54, 1.807) is 18.2 Å². The fourth-order valence-electron chi connectivity index (χ4n) is 3.56. The fourth-order valence-corrected chi connectivity index (χ4v) is 3.56. The number of hydrogen-bond donors (Lipinski definition) is 2. The summed E-state index contributed by atoms with van der Waals surface area (Å²) >= 11 is 0. The van der Waals surface area contributed by atoms with Gasteiger partial charge in [-0.1, -0.05) is 6.07 Å². The van der Waals surface area contributed by atoms with Crippen molar-refractivity contribution in [3.63, 3.8) is 0 Å². The number of phenols is 1. The maximum absolute atomic E-state index is 13.1. The van der Waals surface area contributed by atoms with Gasteiger partial charge in [-0.25, -0.2) is 0 Å². The van der Waals surface area contributed by atoms with Crippen LogP contribution in [0, 0.1) is 0 Å². The maximum atomic E-state index is 13.1. The topological polar surface area (TPSA) is 115 Å². The molecule has 0 aliphatic carbocycles. The van der Waals surface area contributed by atoms with E-state index in [2.05, 4.69) is 0 Å². The molecule has 2 heterocycles. The van der Waals surface area contributed by atoms with Crippen molar-refractivity contribution in [1.82, 2.24) is 0 Å². The number of rotatable bonds is 4. The van der Waals surface area contributed by atoms with Crippen LogP contribution in [-0.4, -0.2) is 41.6 Å².